The fourth-order valence-corrected chi connectivity index (χ4v) is 1.30. The minimum Gasteiger partial charge on any atom is -0.478 e. The lowest BCUT2D eigenvalue weighted by Gasteiger charge is -1.99. The molecule has 1 aromatic heterocycles. The van der Waals surface area contributed by atoms with Crippen molar-refractivity contribution in [3.8, 4) is 0 Å². The van der Waals surface area contributed by atoms with E-state index in [1.807, 2.05) is 6.07 Å². The number of rotatable bonds is 3. The first kappa shape index (κ1) is 12.6. The maximum absolute atomic E-state index is 10.5. The predicted octanol–water partition coefficient (Wildman–Crippen LogP) is 2.64. The molecule has 0 saturated carbocycles. The standard InChI is InChI=1S/C11H11BrN2O2/c1-7(11(15)16)4-14-8(2)9-3-10(12)6-13-5-9/h3-6H,1-2H3,(H,15,16)/b7-4+,14-8?. The van der Waals surface area contributed by atoms with Crippen molar-refractivity contribution in [3.05, 3.63) is 40.3 Å². The maximum Gasteiger partial charge on any atom is 0.332 e. The number of carbonyl (C=O) groups is 1. The molecule has 16 heavy (non-hydrogen) atoms. The predicted molar refractivity (Wildman–Crippen MR) is 65.5 cm³/mol. The molecule has 84 valence electrons. The van der Waals surface area contributed by atoms with E-state index in [0.29, 0.717) is 0 Å². The van der Waals surface area contributed by atoms with Gasteiger partial charge in [-0.1, -0.05) is 0 Å². The van der Waals surface area contributed by atoms with Gasteiger partial charge in [0.1, 0.15) is 0 Å². The van der Waals surface area contributed by atoms with Crippen LogP contribution < -0.4 is 0 Å². The smallest absolute Gasteiger partial charge is 0.332 e. The third kappa shape index (κ3) is 3.58. The first-order chi connectivity index (χ1) is 7.50. The molecule has 0 fully saturated rings. The lowest BCUT2D eigenvalue weighted by atomic mass is 10.2. The van der Waals surface area contributed by atoms with Gasteiger partial charge in [0.2, 0.25) is 0 Å². The zero-order valence-electron chi connectivity index (χ0n) is 8.94. The number of hydrogen-bond donors (Lipinski definition) is 1. The van der Waals surface area contributed by atoms with Crippen LogP contribution in [0.15, 0.2) is 39.7 Å². The van der Waals surface area contributed by atoms with Gasteiger partial charge in [0, 0.05) is 34.3 Å². The number of hydrogen-bond acceptors (Lipinski definition) is 3. The normalized spacial score (nSPS) is 12.7. The lowest BCUT2D eigenvalue weighted by molar-refractivity contribution is -0.132. The molecule has 0 unspecified atom stereocenters. The highest BCUT2D eigenvalue weighted by atomic mass is 79.9. The summed E-state index contributed by atoms with van der Waals surface area (Å²) in [5.41, 5.74) is 1.76. The maximum atomic E-state index is 10.5. The van der Waals surface area contributed by atoms with Gasteiger partial charge in [0.15, 0.2) is 0 Å². The molecule has 0 amide bonds. The number of carboxylic acid groups (broad SMARTS) is 1. The van der Waals surface area contributed by atoms with Gasteiger partial charge in [-0.2, -0.15) is 0 Å². The van der Waals surface area contributed by atoms with Crippen LogP contribution in [-0.4, -0.2) is 21.8 Å². The quantitative estimate of drug-likeness (QED) is 0.685. The molecule has 5 heteroatoms. The summed E-state index contributed by atoms with van der Waals surface area (Å²) >= 11 is 3.31. The molecule has 0 saturated heterocycles. The van der Waals surface area contributed by atoms with Crippen LogP contribution in [0.2, 0.25) is 0 Å². The second-order valence-corrected chi connectivity index (χ2v) is 4.14. The first-order valence-corrected chi connectivity index (χ1v) is 5.35. The molecular weight excluding hydrogens is 272 g/mol. The lowest BCUT2D eigenvalue weighted by Crippen LogP contribution is -1.97. The topological polar surface area (TPSA) is 62.5 Å². The van der Waals surface area contributed by atoms with Gasteiger partial charge in [-0.15, -0.1) is 0 Å². The van der Waals surface area contributed by atoms with Gasteiger partial charge in [-0.3, -0.25) is 9.98 Å². The van der Waals surface area contributed by atoms with Crippen molar-refractivity contribution in [2.45, 2.75) is 13.8 Å². The van der Waals surface area contributed by atoms with Crippen molar-refractivity contribution in [1.82, 2.24) is 4.98 Å². The fourth-order valence-electron chi connectivity index (χ4n) is 0.933. The van der Waals surface area contributed by atoms with Crippen LogP contribution >= 0.6 is 15.9 Å². The minimum absolute atomic E-state index is 0.197. The molecule has 0 aliphatic rings. The van der Waals surface area contributed by atoms with E-state index in [1.165, 1.54) is 13.1 Å². The zero-order chi connectivity index (χ0) is 12.1. The van der Waals surface area contributed by atoms with Crippen LogP contribution in [0.1, 0.15) is 19.4 Å². The van der Waals surface area contributed by atoms with Crippen LogP contribution in [0.4, 0.5) is 0 Å². The average molecular weight is 283 g/mol. The summed E-state index contributed by atoms with van der Waals surface area (Å²) in [4.78, 5) is 18.6. The van der Waals surface area contributed by atoms with Crippen LogP contribution in [0, 0.1) is 0 Å². The number of aromatic nitrogens is 1. The monoisotopic (exact) mass is 282 g/mol. The van der Waals surface area contributed by atoms with E-state index in [9.17, 15) is 4.79 Å². The molecule has 0 radical (unpaired) electrons. The number of carboxylic acids is 1. The highest BCUT2D eigenvalue weighted by Gasteiger charge is 2.00. The van der Waals surface area contributed by atoms with Gasteiger partial charge in [0.05, 0.1) is 5.57 Å². The van der Waals surface area contributed by atoms with E-state index >= 15 is 0 Å². The van der Waals surface area contributed by atoms with E-state index in [-0.39, 0.29) is 5.57 Å². The summed E-state index contributed by atoms with van der Waals surface area (Å²) in [5.74, 6) is -0.969. The van der Waals surface area contributed by atoms with Crippen molar-refractivity contribution in [2.75, 3.05) is 0 Å². The molecule has 0 aliphatic heterocycles. The Labute approximate surface area is 102 Å². The fraction of sp³-hybridized carbons (Fsp3) is 0.182. The van der Waals surface area contributed by atoms with Crippen molar-refractivity contribution in [1.29, 1.82) is 0 Å². The number of aliphatic carboxylic acids is 1. The highest BCUT2D eigenvalue weighted by Crippen LogP contribution is 2.10. The Morgan fingerprint density at radius 2 is 2.19 bits per heavy atom. The van der Waals surface area contributed by atoms with Crippen LogP contribution in [0.25, 0.3) is 0 Å². The Morgan fingerprint density at radius 3 is 2.75 bits per heavy atom. The van der Waals surface area contributed by atoms with Gasteiger partial charge in [-0.05, 0) is 35.8 Å². The van der Waals surface area contributed by atoms with E-state index in [1.54, 1.807) is 19.3 Å². The van der Waals surface area contributed by atoms with Crippen LogP contribution in [-0.2, 0) is 4.79 Å². The SMILES string of the molecule is CC(=N/C=C(\C)C(=O)O)c1cncc(Br)c1. The number of halogens is 1. The van der Waals surface area contributed by atoms with E-state index in [4.69, 9.17) is 5.11 Å². The molecule has 0 atom stereocenters. The highest BCUT2D eigenvalue weighted by molar-refractivity contribution is 9.10. The first-order valence-electron chi connectivity index (χ1n) is 4.56. The van der Waals surface area contributed by atoms with E-state index in [2.05, 4.69) is 25.9 Å². The molecule has 1 aromatic rings. The van der Waals surface area contributed by atoms with Crippen molar-refractivity contribution >= 4 is 27.6 Å². The second kappa shape index (κ2) is 5.55. The number of nitrogens with zero attached hydrogens (tertiary/aromatic N) is 2. The summed E-state index contributed by atoms with van der Waals surface area (Å²) in [5, 5.41) is 8.65. The summed E-state index contributed by atoms with van der Waals surface area (Å²) in [6.07, 6.45) is 4.68. The summed E-state index contributed by atoms with van der Waals surface area (Å²) in [6.45, 7) is 3.30. The number of aliphatic imine (C=N–C) groups is 1. The summed E-state index contributed by atoms with van der Waals surface area (Å²) < 4.78 is 0.860. The van der Waals surface area contributed by atoms with Gasteiger partial charge < -0.3 is 5.11 Å². The van der Waals surface area contributed by atoms with E-state index in [0.717, 1.165) is 15.7 Å². The molecule has 1 rings (SSSR count). The number of pyridine rings is 1. The van der Waals surface area contributed by atoms with E-state index < -0.39 is 5.97 Å². The minimum atomic E-state index is -0.969. The molecule has 0 bridgehead atoms. The van der Waals surface area contributed by atoms with Crippen molar-refractivity contribution < 1.29 is 9.90 Å². The third-order valence-corrected chi connectivity index (χ3v) is 2.35. The van der Waals surface area contributed by atoms with Crippen molar-refractivity contribution in [3.63, 3.8) is 0 Å². The molecule has 0 aliphatic carbocycles. The van der Waals surface area contributed by atoms with Gasteiger partial charge in [0.25, 0.3) is 0 Å². The molecule has 1 heterocycles. The van der Waals surface area contributed by atoms with Gasteiger partial charge in [-0.25, -0.2) is 4.79 Å². The summed E-state index contributed by atoms with van der Waals surface area (Å²) in [7, 11) is 0. The third-order valence-electron chi connectivity index (χ3n) is 1.91. The van der Waals surface area contributed by atoms with Crippen LogP contribution in [0.5, 0.6) is 0 Å². The Balaban J connectivity index is 2.94. The Morgan fingerprint density at radius 1 is 1.50 bits per heavy atom. The molecule has 0 aromatic carbocycles. The molecule has 4 nitrogen and oxygen atoms in total. The summed E-state index contributed by atoms with van der Waals surface area (Å²) in [6, 6.07) is 1.87. The second-order valence-electron chi connectivity index (χ2n) is 3.22. The Kier molecular flexibility index (Phi) is 4.37. The molecular formula is C11H11BrN2O2. The Hall–Kier alpha value is -1.49. The Bertz CT molecular complexity index is 467. The molecule has 1 N–H and O–H groups in total. The van der Waals surface area contributed by atoms with Crippen LogP contribution in [0.3, 0.4) is 0 Å². The zero-order valence-corrected chi connectivity index (χ0v) is 10.5. The average Bonchev–Trinajstić information content (AvgIpc) is 2.25. The largest absolute Gasteiger partial charge is 0.478 e. The van der Waals surface area contributed by atoms with Crippen molar-refractivity contribution in [2.24, 2.45) is 4.99 Å². The van der Waals surface area contributed by atoms with Gasteiger partial charge >= 0.3 is 5.97 Å². The molecule has 0 spiro atoms.